The topological polar surface area (TPSA) is 145 Å². The number of hydrogen-bond donors (Lipinski definition) is 2. The second kappa shape index (κ2) is 17.2. The van der Waals surface area contributed by atoms with Gasteiger partial charge in [0.15, 0.2) is 0 Å². The van der Waals surface area contributed by atoms with Crippen LogP contribution in [0.5, 0.6) is 11.5 Å². The number of phenols is 2. The van der Waals surface area contributed by atoms with Gasteiger partial charge < -0.3 is 30.0 Å². The van der Waals surface area contributed by atoms with Crippen molar-refractivity contribution in [1.29, 1.82) is 0 Å². The quantitative estimate of drug-likeness (QED) is 0.465. The molecule has 0 aliphatic heterocycles. The molecule has 0 spiro atoms. The van der Waals surface area contributed by atoms with Crippen LogP contribution < -0.4 is 10.2 Å². The van der Waals surface area contributed by atoms with E-state index >= 15 is 0 Å². The van der Waals surface area contributed by atoms with Gasteiger partial charge in [-0.2, -0.15) is 0 Å². The monoisotopic (exact) mass is 639 g/mol. The van der Waals surface area contributed by atoms with Crippen molar-refractivity contribution in [3.63, 3.8) is 0 Å². The standard InChI is InChI=1S/C30H42N2O2.2C2H4O2.Co/c1-19-13-21(27(33)25(15-19)29(3,4)5)17-31-23-9-11-24(12-10-23)32-18-22-14-20(2)16-26(28(22)34)30(6,7)8;2*1-2(3)4;/h13-18,23-24,33-34H,9-12H2,1-8H3;2*1H3,(H,3,4);/q;;;+2/p-2. The molecule has 1 aliphatic rings. The van der Waals surface area contributed by atoms with E-state index in [1.807, 2.05) is 24.6 Å². The number of aliphatic carboxylic acids is 2. The number of nitrogens with zero attached hydrogens (tertiary/aromatic N) is 2. The number of rotatable bonds is 4. The van der Waals surface area contributed by atoms with Crippen LogP contribution in [-0.2, 0) is 37.2 Å². The van der Waals surface area contributed by atoms with Crippen LogP contribution in [-0.4, -0.2) is 46.7 Å². The molecule has 0 amide bonds. The zero-order valence-electron chi connectivity index (χ0n) is 27.2. The van der Waals surface area contributed by atoms with Gasteiger partial charge in [0, 0.05) is 46.6 Å². The number of aryl methyl sites for hydroxylation is 2. The average Bonchev–Trinajstić information content (AvgIpc) is 2.83. The number of carboxylic acid groups (broad SMARTS) is 2. The van der Waals surface area contributed by atoms with Crippen LogP contribution in [0.1, 0.15) is 114 Å². The van der Waals surface area contributed by atoms with Gasteiger partial charge >= 0.3 is 16.8 Å². The smallest absolute Gasteiger partial charge is 0.550 e. The van der Waals surface area contributed by atoms with Crippen molar-refractivity contribution in [3.05, 3.63) is 57.6 Å². The third kappa shape index (κ3) is 14.2. The molecule has 8 nitrogen and oxygen atoms in total. The van der Waals surface area contributed by atoms with Gasteiger partial charge in [-0.05, 0) is 87.5 Å². The molecule has 43 heavy (non-hydrogen) atoms. The minimum Gasteiger partial charge on any atom is -0.550 e. The summed E-state index contributed by atoms with van der Waals surface area (Å²) in [6.45, 7) is 18.8. The first-order valence-corrected chi connectivity index (χ1v) is 14.3. The molecule has 2 aromatic rings. The molecule has 0 heterocycles. The van der Waals surface area contributed by atoms with Gasteiger partial charge in [-0.25, -0.2) is 0 Å². The Morgan fingerprint density at radius 1 is 0.698 bits per heavy atom. The maximum Gasteiger partial charge on any atom is 2.00 e. The fourth-order valence-corrected chi connectivity index (χ4v) is 4.68. The molecule has 3 rings (SSSR count). The molecule has 1 aliphatic carbocycles. The van der Waals surface area contributed by atoms with Gasteiger partial charge in [-0.1, -0.05) is 53.7 Å². The molecule has 2 aromatic carbocycles. The van der Waals surface area contributed by atoms with Crippen LogP contribution in [0.4, 0.5) is 0 Å². The summed E-state index contributed by atoms with van der Waals surface area (Å²) in [5.41, 5.74) is 5.56. The first-order valence-electron chi connectivity index (χ1n) is 14.3. The van der Waals surface area contributed by atoms with E-state index in [9.17, 15) is 10.2 Å². The summed E-state index contributed by atoms with van der Waals surface area (Å²) in [5, 5.41) is 39.3. The number of carboxylic acids is 2. The van der Waals surface area contributed by atoms with E-state index in [0.29, 0.717) is 11.5 Å². The third-order valence-electron chi connectivity index (χ3n) is 6.70. The second-order valence-electron chi connectivity index (χ2n) is 13.0. The molecule has 0 bridgehead atoms. The Bertz CT molecular complexity index is 1170. The van der Waals surface area contributed by atoms with E-state index in [0.717, 1.165) is 72.9 Å². The first-order chi connectivity index (χ1) is 19.2. The molecule has 1 radical (unpaired) electrons. The molecule has 0 atom stereocenters. The summed E-state index contributed by atoms with van der Waals surface area (Å²) in [7, 11) is 0. The summed E-state index contributed by atoms with van der Waals surface area (Å²) >= 11 is 0. The van der Waals surface area contributed by atoms with E-state index in [1.54, 1.807) is 0 Å². The predicted molar refractivity (Wildman–Crippen MR) is 166 cm³/mol. The number of aromatic hydroxyl groups is 2. The van der Waals surface area contributed by atoms with Crippen LogP contribution in [0.2, 0.25) is 0 Å². The summed E-state index contributed by atoms with van der Waals surface area (Å²) in [4.78, 5) is 27.4. The Morgan fingerprint density at radius 2 is 0.953 bits per heavy atom. The van der Waals surface area contributed by atoms with Crippen LogP contribution in [0.3, 0.4) is 0 Å². The van der Waals surface area contributed by atoms with Crippen LogP contribution in [0.15, 0.2) is 34.3 Å². The van der Waals surface area contributed by atoms with Gasteiger partial charge in [0.2, 0.25) is 0 Å². The van der Waals surface area contributed by atoms with E-state index in [1.165, 1.54) is 0 Å². The predicted octanol–water partition coefficient (Wildman–Crippen LogP) is 4.67. The van der Waals surface area contributed by atoms with E-state index in [2.05, 4.69) is 67.5 Å². The molecule has 0 saturated heterocycles. The molecule has 239 valence electrons. The Labute approximate surface area is 267 Å². The molecule has 9 heteroatoms. The molecule has 1 saturated carbocycles. The molecule has 2 N–H and O–H groups in total. The number of carbonyl (C=O) groups excluding carboxylic acids is 2. The summed E-state index contributed by atoms with van der Waals surface area (Å²) in [6, 6.07) is 8.64. The summed E-state index contributed by atoms with van der Waals surface area (Å²) in [6.07, 6.45) is 7.61. The van der Waals surface area contributed by atoms with Crippen LogP contribution in [0, 0.1) is 13.8 Å². The number of phenolic OH excluding ortho intramolecular Hbond substituents is 2. The molecular weight excluding hydrogens is 591 g/mol. The maximum atomic E-state index is 10.8. The Balaban J connectivity index is 0.00000174. The van der Waals surface area contributed by atoms with Crippen molar-refractivity contribution in [2.75, 3.05) is 0 Å². The second-order valence-corrected chi connectivity index (χ2v) is 13.0. The van der Waals surface area contributed by atoms with Crippen LogP contribution in [0.25, 0.3) is 0 Å². The van der Waals surface area contributed by atoms with Gasteiger partial charge in [0.25, 0.3) is 0 Å². The van der Waals surface area contributed by atoms with Crippen molar-refractivity contribution in [3.8, 4) is 11.5 Å². The SMILES string of the molecule is CC(=O)[O-].CC(=O)[O-].Cc1cc(C=NC2CCC(N=Cc3cc(C)cc(C(C)(C)C)c3O)CC2)c(O)c(C(C)(C)C)c1.[Co+2]. The van der Waals surface area contributed by atoms with Crippen molar-refractivity contribution < 1.29 is 46.8 Å². The van der Waals surface area contributed by atoms with Crippen molar-refractivity contribution in [2.24, 2.45) is 9.98 Å². The zero-order valence-corrected chi connectivity index (χ0v) is 28.2. The van der Waals surface area contributed by atoms with E-state index in [-0.39, 0.29) is 39.7 Å². The van der Waals surface area contributed by atoms with Crippen molar-refractivity contribution in [1.82, 2.24) is 0 Å². The molecule has 0 aromatic heterocycles. The Hall–Kier alpha value is -3.17. The zero-order chi connectivity index (χ0) is 32.4. The first kappa shape index (κ1) is 39.8. The van der Waals surface area contributed by atoms with Gasteiger partial charge in [0.1, 0.15) is 11.5 Å². The fraction of sp³-hybridized carbons (Fsp3) is 0.529. The van der Waals surface area contributed by atoms with Crippen molar-refractivity contribution in [2.45, 2.75) is 118 Å². The van der Waals surface area contributed by atoms with Crippen molar-refractivity contribution >= 4 is 24.4 Å². The largest absolute Gasteiger partial charge is 2.00 e. The normalized spacial score (nSPS) is 16.9. The fourth-order valence-electron chi connectivity index (χ4n) is 4.68. The van der Waals surface area contributed by atoms with Crippen LogP contribution >= 0.6 is 0 Å². The number of aliphatic imine (C=N–C) groups is 2. The summed E-state index contributed by atoms with van der Waals surface area (Å²) in [5.74, 6) is -1.49. The van der Waals surface area contributed by atoms with E-state index < -0.39 is 11.9 Å². The van der Waals surface area contributed by atoms with Gasteiger partial charge in [-0.3, -0.25) is 9.98 Å². The molecular formula is C34H48CoN2O6. The third-order valence-corrected chi connectivity index (χ3v) is 6.70. The number of benzene rings is 2. The van der Waals surface area contributed by atoms with Gasteiger partial charge in [0.05, 0.1) is 12.1 Å². The average molecular weight is 640 g/mol. The van der Waals surface area contributed by atoms with Gasteiger partial charge in [-0.15, -0.1) is 0 Å². The molecule has 1 fully saturated rings. The minimum atomic E-state index is -1.08. The Morgan fingerprint density at radius 3 is 1.19 bits per heavy atom. The minimum absolute atomic E-state index is 0. The summed E-state index contributed by atoms with van der Waals surface area (Å²) < 4.78 is 0. The maximum absolute atomic E-state index is 10.8. The Kier molecular flexibility index (Phi) is 15.9. The van der Waals surface area contributed by atoms with E-state index in [4.69, 9.17) is 29.8 Å². The number of carbonyl (C=O) groups is 2. The number of hydrogen-bond acceptors (Lipinski definition) is 8. The molecule has 0 unspecified atom stereocenters.